The first kappa shape index (κ1) is 13.3. The van der Waals surface area contributed by atoms with Crippen LogP contribution in [0.25, 0.3) is 0 Å². The van der Waals surface area contributed by atoms with E-state index in [0.717, 1.165) is 22.8 Å². The van der Waals surface area contributed by atoms with Crippen molar-refractivity contribution in [3.05, 3.63) is 22.7 Å². The third kappa shape index (κ3) is 2.48. The molecule has 0 saturated carbocycles. The maximum absolute atomic E-state index is 5.36. The number of hydrogen-bond donors (Lipinski definition) is 0. The molecule has 2 heterocycles. The van der Waals surface area contributed by atoms with Gasteiger partial charge in [-0.15, -0.1) is 0 Å². The first-order valence-corrected chi connectivity index (χ1v) is 7.82. The van der Waals surface area contributed by atoms with Crippen molar-refractivity contribution in [2.24, 2.45) is 0 Å². The van der Waals surface area contributed by atoms with Crippen molar-refractivity contribution < 1.29 is 4.74 Å². The molecule has 0 aromatic heterocycles. The molecule has 0 N–H and O–H groups in total. The summed E-state index contributed by atoms with van der Waals surface area (Å²) in [6.07, 6.45) is 2.69. The fraction of sp³-hybridized carbons (Fsp3) is 0.600. The number of ether oxygens (including phenoxy) is 1. The second-order valence-electron chi connectivity index (χ2n) is 5.61. The van der Waals surface area contributed by atoms with Crippen molar-refractivity contribution in [3.63, 3.8) is 0 Å². The van der Waals surface area contributed by atoms with E-state index >= 15 is 0 Å². The van der Waals surface area contributed by atoms with Crippen molar-refractivity contribution in [2.45, 2.75) is 31.8 Å². The van der Waals surface area contributed by atoms with Gasteiger partial charge in [-0.05, 0) is 54.4 Å². The van der Waals surface area contributed by atoms with Gasteiger partial charge in [0.2, 0.25) is 0 Å². The number of anilines is 1. The summed E-state index contributed by atoms with van der Waals surface area (Å²) in [6, 6.07) is 7.52. The van der Waals surface area contributed by atoms with Gasteiger partial charge in [0, 0.05) is 35.7 Å². The van der Waals surface area contributed by atoms with E-state index in [2.05, 4.69) is 44.8 Å². The smallest absolute Gasteiger partial charge is 0.121 e. The van der Waals surface area contributed by atoms with Gasteiger partial charge < -0.3 is 9.64 Å². The van der Waals surface area contributed by atoms with Crippen molar-refractivity contribution >= 4 is 21.6 Å². The van der Waals surface area contributed by atoms with Crippen molar-refractivity contribution in [1.29, 1.82) is 0 Å². The predicted octanol–water partition coefficient (Wildman–Crippen LogP) is 3.13. The molecule has 4 heteroatoms. The molecule has 2 atom stereocenters. The first-order valence-electron chi connectivity index (χ1n) is 7.03. The molecular weight excluding hydrogens is 304 g/mol. The summed E-state index contributed by atoms with van der Waals surface area (Å²) in [5.74, 6) is 0.930. The maximum Gasteiger partial charge on any atom is 0.121 e. The highest BCUT2D eigenvalue weighted by atomic mass is 79.9. The molecule has 0 bridgehead atoms. The van der Waals surface area contributed by atoms with Crippen LogP contribution < -0.4 is 9.64 Å². The largest absolute Gasteiger partial charge is 0.497 e. The Labute approximate surface area is 123 Å². The normalized spacial score (nSPS) is 27.4. The van der Waals surface area contributed by atoms with Gasteiger partial charge in [-0.3, -0.25) is 4.90 Å². The van der Waals surface area contributed by atoms with Crippen LogP contribution in [0.4, 0.5) is 5.69 Å². The Hall–Kier alpha value is -0.740. The van der Waals surface area contributed by atoms with E-state index in [-0.39, 0.29) is 0 Å². The lowest BCUT2D eigenvalue weighted by Gasteiger charge is -2.44. The SMILES string of the molecule is COc1ccc(Br)c(N2CC3CCCN3CC2C)c1. The zero-order valence-electron chi connectivity index (χ0n) is 11.6. The lowest BCUT2D eigenvalue weighted by atomic mass is 10.1. The number of methoxy groups -OCH3 is 1. The van der Waals surface area contributed by atoms with Gasteiger partial charge in [0.15, 0.2) is 0 Å². The summed E-state index contributed by atoms with van der Waals surface area (Å²) in [5, 5.41) is 0. The van der Waals surface area contributed by atoms with E-state index in [4.69, 9.17) is 4.74 Å². The molecule has 2 fully saturated rings. The van der Waals surface area contributed by atoms with Gasteiger partial charge in [-0.1, -0.05) is 0 Å². The highest BCUT2D eigenvalue weighted by molar-refractivity contribution is 9.10. The van der Waals surface area contributed by atoms with E-state index in [1.165, 1.54) is 31.6 Å². The van der Waals surface area contributed by atoms with Crippen LogP contribution in [0, 0.1) is 0 Å². The number of halogens is 1. The minimum absolute atomic E-state index is 0.553. The first-order chi connectivity index (χ1) is 9.19. The molecule has 3 rings (SSSR count). The van der Waals surface area contributed by atoms with Gasteiger partial charge in [0.25, 0.3) is 0 Å². The van der Waals surface area contributed by atoms with Crippen LogP contribution in [-0.4, -0.2) is 43.7 Å². The Morgan fingerprint density at radius 3 is 2.95 bits per heavy atom. The summed E-state index contributed by atoms with van der Waals surface area (Å²) < 4.78 is 6.52. The van der Waals surface area contributed by atoms with Crippen LogP contribution >= 0.6 is 15.9 Å². The molecule has 0 aliphatic carbocycles. The molecule has 1 aromatic rings. The van der Waals surface area contributed by atoms with Gasteiger partial charge >= 0.3 is 0 Å². The maximum atomic E-state index is 5.36. The molecule has 0 radical (unpaired) electrons. The second kappa shape index (κ2) is 5.33. The van der Waals surface area contributed by atoms with E-state index in [0.29, 0.717) is 6.04 Å². The van der Waals surface area contributed by atoms with Gasteiger partial charge in [-0.2, -0.15) is 0 Å². The molecule has 0 amide bonds. The number of hydrogen-bond acceptors (Lipinski definition) is 3. The Balaban J connectivity index is 1.88. The van der Waals surface area contributed by atoms with Gasteiger partial charge in [0.1, 0.15) is 5.75 Å². The average molecular weight is 325 g/mol. The summed E-state index contributed by atoms with van der Waals surface area (Å²) in [5.41, 5.74) is 1.26. The van der Waals surface area contributed by atoms with Crippen LogP contribution in [0.2, 0.25) is 0 Å². The monoisotopic (exact) mass is 324 g/mol. The minimum Gasteiger partial charge on any atom is -0.497 e. The fourth-order valence-corrected chi connectivity index (χ4v) is 3.84. The standard InChI is InChI=1S/C15H21BrN2O/c1-11-9-17-7-3-4-12(17)10-18(11)15-8-13(19-2)5-6-14(15)16/h5-6,8,11-12H,3-4,7,9-10H2,1-2H3. The molecule has 104 valence electrons. The van der Waals surface area contributed by atoms with E-state index in [1.807, 2.05) is 6.07 Å². The zero-order chi connectivity index (χ0) is 13.4. The van der Waals surface area contributed by atoms with E-state index in [9.17, 15) is 0 Å². The molecule has 1 aromatic carbocycles. The molecule has 2 saturated heterocycles. The number of benzene rings is 1. The predicted molar refractivity (Wildman–Crippen MR) is 82.1 cm³/mol. The molecule has 19 heavy (non-hydrogen) atoms. The van der Waals surface area contributed by atoms with Crippen molar-refractivity contribution in [1.82, 2.24) is 4.90 Å². The minimum atomic E-state index is 0.553. The number of rotatable bonds is 2. The molecule has 2 aliphatic heterocycles. The van der Waals surface area contributed by atoms with Crippen LogP contribution in [0.5, 0.6) is 5.75 Å². The number of nitrogens with zero attached hydrogens (tertiary/aromatic N) is 2. The number of piperazine rings is 1. The van der Waals surface area contributed by atoms with Gasteiger partial charge in [-0.25, -0.2) is 0 Å². The van der Waals surface area contributed by atoms with Gasteiger partial charge in [0.05, 0.1) is 12.8 Å². The fourth-order valence-electron chi connectivity index (χ4n) is 3.36. The third-order valence-corrected chi connectivity index (χ3v) is 5.07. The van der Waals surface area contributed by atoms with Crippen LogP contribution in [0.15, 0.2) is 22.7 Å². The number of fused-ring (bicyclic) bond motifs is 1. The highest BCUT2D eigenvalue weighted by Gasteiger charge is 2.35. The quantitative estimate of drug-likeness (QED) is 0.831. The topological polar surface area (TPSA) is 15.7 Å². The van der Waals surface area contributed by atoms with Crippen LogP contribution in [-0.2, 0) is 0 Å². The van der Waals surface area contributed by atoms with Crippen molar-refractivity contribution in [2.75, 3.05) is 31.6 Å². The van der Waals surface area contributed by atoms with E-state index in [1.54, 1.807) is 7.11 Å². The summed E-state index contributed by atoms with van der Waals surface area (Å²) in [4.78, 5) is 5.17. The Kier molecular flexibility index (Phi) is 3.72. The lowest BCUT2D eigenvalue weighted by molar-refractivity contribution is 0.203. The van der Waals surface area contributed by atoms with Crippen molar-refractivity contribution in [3.8, 4) is 5.75 Å². The Morgan fingerprint density at radius 2 is 2.16 bits per heavy atom. The summed E-state index contributed by atoms with van der Waals surface area (Å²) in [6.45, 7) is 5.91. The summed E-state index contributed by atoms with van der Waals surface area (Å²) in [7, 11) is 1.73. The lowest BCUT2D eigenvalue weighted by Crippen LogP contribution is -2.55. The summed E-state index contributed by atoms with van der Waals surface area (Å²) >= 11 is 3.68. The van der Waals surface area contributed by atoms with Crippen LogP contribution in [0.3, 0.4) is 0 Å². The Bertz CT molecular complexity index is 465. The molecule has 2 aliphatic rings. The molecular formula is C15H21BrN2O. The third-order valence-electron chi connectivity index (χ3n) is 4.40. The molecule has 2 unspecified atom stereocenters. The molecule has 0 spiro atoms. The van der Waals surface area contributed by atoms with E-state index < -0.39 is 0 Å². The highest BCUT2D eigenvalue weighted by Crippen LogP contribution is 2.35. The second-order valence-corrected chi connectivity index (χ2v) is 6.46. The zero-order valence-corrected chi connectivity index (χ0v) is 13.2. The van der Waals surface area contributed by atoms with Crippen LogP contribution in [0.1, 0.15) is 19.8 Å². The Morgan fingerprint density at radius 1 is 1.32 bits per heavy atom. The average Bonchev–Trinajstić information content (AvgIpc) is 2.85. The molecule has 3 nitrogen and oxygen atoms in total.